The summed E-state index contributed by atoms with van der Waals surface area (Å²) in [7, 11) is 1.70. The lowest BCUT2D eigenvalue weighted by Crippen LogP contribution is -2.21. The number of ether oxygens (including phenoxy) is 1. The highest BCUT2D eigenvalue weighted by Gasteiger charge is 2.39. The van der Waals surface area contributed by atoms with Crippen LogP contribution in [0.1, 0.15) is 40.4 Å². The number of ketones is 2. The molecule has 0 atom stereocenters. The minimum absolute atomic E-state index is 0.0350. The van der Waals surface area contributed by atoms with Crippen LogP contribution < -0.4 is 10.6 Å². The van der Waals surface area contributed by atoms with Crippen molar-refractivity contribution in [3.05, 3.63) is 28.6 Å². The van der Waals surface area contributed by atoms with Crippen molar-refractivity contribution in [2.45, 2.75) is 20.5 Å². The molecule has 1 amide bonds. The molecule has 2 heterocycles. The van der Waals surface area contributed by atoms with Gasteiger partial charge in [0.1, 0.15) is 12.3 Å². The summed E-state index contributed by atoms with van der Waals surface area (Å²) in [6.07, 6.45) is 0.527. The Labute approximate surface area is 133 Å². The number of hydrogen-bond donors (Lipinski definition) is 1. The lowest BCUT2D eigenvalue weighted by Gasteiger charge is -2.17. The maximum atomic E-state index is 12.9. The number of hydrogen-bond acceptors (Lipinski definition) is 5. The quantitative estimate of drug-likeness (QED) is 0.847. The van der Waals surface area contributed by atoms with Crippen LogP contribution in [0.5, 0.6) is 0 Å². The molecule has 7 nitrogen and oxygen atoms in total. The van der Waals surface area contributed by atoms with Crippen molar-refractivity contribution in [2.75, 3.05) is 18.0 Å². The summed E-state index contributed by atoms with van der Waals surface area (Å²) in [6.45, 7) is 5.32. The molecule has 0 spiro atoms. The molecule has 0 saturated carbocycles. The van der Waals surface area contributed by atoms with E-state index in [2.05, 4.69) is 0 Å². The van der Waals surface area contributed by atoms with Crippen LogP contribution in [0, 0.1) is 5.92 Å². The van der Waals surface area contributed by atoms with Gasteiger partial charge in [0.05, 0.1) is 16.9 Å². The zero-order valence-corrected chi connectivity index (χ0v) is 13.4. The number of allylic oxidation sites excluding steroid dienone is 2. The SMILES string of the molecule is CC(C)C1=CC(=O)c2c(c(N3CC3)c(COC(N)=O)n2C)C1=O. The Kier molecular flexibility index (Phi) is 3.50. The Morgan fingerprint density at radius 2 is 2.00 bits per heavy atom. The van der Waals surface area contributed by atoms with E-state index in [1.165, 1.54) is 6.08 Å². The van der Waals surface area contributed by atoms with Crippen molar-refractivity contribution in [3.8, 4) is 0 Å². The predicted molar refractivity (Wildman–Crippen MR) is 83.6 cm³/mol. The Balaban J connectivity index is 2.16. The summed E-state index contributed by atoms with van der Waals surface area (Å²) in [5.41, 5.74) is 7.63. The van der Waals surface area contributed by atoms with E-state index < -0.39 is 6.09 Å². The highest BCUT2D eigenvalue weighted by molar-refractivity contribution is 6.27. The average Bonchev–Trinajstić information content (AvgIpc) is 3.25. The molecule has 0 radical (unpaired) electrons. The fourth-order valence-corrected chi connectivity index (χ4v) is 2.99. The van der Waals surface area contributed by atoms with Gasteiger partial charge in [-0.2, -0.15) is 0 Å². The van der Waals surface area contributed by atoms with Crippen molar-refractivity contribution >= 4 is 23.3 Å². The van der Waals surface area contributed by atoms with E-state index in [4.69, 9.17) is 10.5 Å². The standard InChI is InChI=1S/C16H19N3O4/c1-8(2)9-6-11(20)14-12(15(9)21)13(19-4-5-19)10(18(14)3)7-23-16(17)22/h6,8H,4-5,7H2,1-3H3,(H2,17,22). The van der Waals surface area contributed by atoms with Gasteiger partial charge in [0, 0.05) is 25.7 Å². The van der Waals surface area contributed by atoms with Crippen molar-refractivity contribution in [3.63, 3.8) is 0 Å². The second-order valence-electron chi connectivity index (χ2n) is 6.12. The van der Waals surface area contributed by atoms with Gasteiger partial charge >= 0.3 is 6.09 Å². The summed E-state index contributed by atoms with van der Waals surface area (Å²) in [5.74, 6) is -0.358. The smallest absolute Gasteiger partial charge is 0.404 e. The number of nitrogens with zero attached hydrogens (tertiary/aromatic N) is 2. The van der Waals surface area contributed by atoms with Crippen LogP contribution in [-0.4, -0.2) is 35.3 Å². The Hall–Kier alpha value is -2.57. The number of amides is 1. The van der Waals surface area contributed by atoms with E-state index in [1.807, 2.05) is 18.7 Å². The van der Waals surface area contributed by atoms with E-state index in [0.717, 1.165) is 13.1 Å². The summed E-state index contributed by atoms with van der Waals surface area (Å²) in [5, 5.41) is 0. The maximum Gasteiger partial charge on any atom is 0.404 e. The van der Waals surface area contributed by atoms with Gasteiger partial charge < -0.3 is 19.9 Å². The number of carbonyl (C=O) groups excluding carboxylic acids is 3. The zero-order chi connectivity index (χ0) is 16.9. The monoisotopic (exact) mass is 317 g/mol. The molecule has 0 bridgehead atoms. The number of aromatic nitrogens is 1. The molecule has 3 rings (SSSR count). The number of rotatable bonds is 4. The third kappa shape index (κ3) is 2.42. The number of anilines is 1. The lowest BCUT2D eigenvalue weighted by atomic mass is 9.87. The molecule has 1 aliphatic carbocycles. The molecule has 1 aromatic rings. The third-order valence-electron chi connectivity index (χ3n) is 4.23. The summed E-state index contributed by atoms with van der Waals surface area (Å²) in [4.78, 5) is 38.3. The van der Waals surface area contributed by atoms with Crippen LogP contribution in [-0.2, 0) is 18.4 Å². The van der Waals surface area contributed by atoms with E-state index >= 15 is 0 Å². The first-order chi connectivity index (χ1) is 10.8. The Bertz CT molecular complexity index is 754. The first-order valence-corrected chi connectivity index (χ1v) is 7.52. The summed E-state index contributed by atoms with van der Waals surface area (Å²) >= 11 is 0. The maximum absolute atomic E-state index is 12.9. The molecular formula is C16H19N3O4. The second-order valence-corrected chi connectivity index (χ2v) is 6.12. The average molecular weight is 317 g/mol. The lowest BCUT2D eigenvalue weighted by molar-refractivity contribution is 0.0972. The topological polar surface area (TPSA) is 94.4 Å². The van der Waals surface area contributed by atoms with Crippen molar-refractivity contribution < 1.29 is 19.1 Å². The van der Waals surface area contributed by atoms with Gasteiger partial charge in [-0.3, -0.25) is 9.59 Å². The number of primary amides is 1. The van der Waals surface area contributed by atoms with Crippen LogP contribution in [0.4, 0.5) is 10.5 Å². The predicted octanol–water partition coefficient (Wildman–Crippen LogP) is 1.40. The van der Waals surface area contributed by atoms with E-state index in [1.54, 1.807) is 11.6 Å². The number of Topliss-reactive ketones (excluding diaryl/α,β-unsaturated/α-hetero) is 1. The molecule has 1 aromatic heterocycles. The fourth-order valence-electron chi connectivity index (χ4n) is 2.99. The molecule has 1 saturated heterocycles. The molecule has 1 fully saturated rings. The molecule has 1 aliphatic heterocycles. The molecule has 7 heteroatoms. The Morgan fingerprint density at radius 1 is 1.35 bits per heavy atom. The molecule has 0 unspecified atom stereocenters. The van der Waals surface area contributed by atoms with Crippen LogP contribution in [0.15, 0.2) is 11.6 Å². The highest BCUT2D eigenvalue weighted by Crippen LogP contribution is 2.40. The summed E-state index contributed by atoms with van der Waals surface area (Å²) in [6, 6.07) is 0. The largest absolute Gasteiger partial charge is 0.443 e. The van der Waals surface area contributed by atoms with E-state index in [-0.39, 0.29) is 24.1 Å². The van der Waals surface area contributed by atoms with Gasteiger partial charge in [-0.05, 0) is 12.0 Å². The van der Waals surface area contributed by atoms with Crippen molar-refractivity contribution in [1.29, 1.82) is 0 Å². The van der Waals surface area contributed by atoms with Gasteiger partial charge in [-0.25, -0.2) is 4.79 Å². The first-order valence-electron chi connectivity index (χ1n) is 7.52. The van der Waals surface area contributed by atoms with Gasteiger partial charge in [0.15, 0.2) is 5.78 Å². The molecule has 0 aromatic carbocycles. The molecule has 122 valence electrons. The van der Waals surface area contributed by atoms with Crippen LogP contribution in [0.2, 0.25) is 0 Å². The van der Waals surface area contributed by atoms with Crippen molar-refractivity contribution in [2.24, 2.45) is 18.7 Å². The number of fused-ring (bicyclic) bond motifs is 1. The minimum atomic E-state index is -0.889. The van der Waals surface area contributed by atoms with Crippen LogP contribution in [0.3, 0.4) is 0 Å². The van der Waals surface area contributed by atoms with Crippen LogP contribution >= 0.6 is 0 Å². The normalized spacial score (nSPS) is 16.5. The molecule has 2 N–H and O–H groups in total. The van der Waals surface area contributed by atoms with E-state index in [9.17, 15) is 14.4 Å². The highest BCUT2D eigenvalue weighted by atomic mass is 16.5. The van der Waals surface area contributed by atoms with E-state index in [0.29, 0.717) is 28.2 Å². The number of carbonyl (C=O) groups is 3. The van der Waals surface area contributed by atoms with Crippen molar-refractivity contribution in [1.82, 2.24) is 4.57 Å². The molecule has 2 aliphatic rings. The second kappa shape index (κ2) is 5.26. The minimum Gasteiger partial charge on any atom is -0.443 e. The van der Waals surface area contributed by atoms with Gasteiger partial charge in [-0.15, -0.1) is 0 Å². The summed E-state index contributed by atoms with van der Waals surface area (Å²) < 4.78 is 6.54. The number of nitrogens with two attached hydrogens (primary N) is 1. The molecule has 23 heavy (non-hydrogen) atoms. The zero-order valence-electron chi connectivity index (χ0n) is 13.4. The first kappa shape index (κ1) is 15.3. The van der Waals surface area contributed by atoms with Gasteiger partial charge in [0.2, 0.25) is 5.78 Å². The fraction of sp³-hybridized carbons (Fsp3) is 0.438. The van der Waals surface area contributed by atoms with Gasteiger partial charge in [0.25, 0.3) is 0 Å². The third-order valence-corrected chi connectivity index (χ3v) is 4.23. The van der Waals surface area contributed by atoms with Gasteiger partial charge in [-0.1, -0.05) is 13.8 Å². The Morgan fingerprint density at radius 3 is 2.52 bits per heavy atom. The van der Waals surface area contributed by atoms with Crippen LogP contribution in [0.25, 0.3) is 0 Å². The molecular weight excluding hydrogens is 298 g/mol.